The molecule has 0 saturated carbocycles. The first-order chi connectivity index (χ1) is 8.26. The van der Waals surface area contributed by atoms with Crippen molar-refractivity contribution >= 4 is 11.3 Å². The third kappa shape index (κ3) is 2.51. The van der Waals surface area contributed by atoms with E-state index in [9.17, 15) is 0 Å². The number of hydrogen-bond acceptors (Lipinski definition) is 3. The standard InChI is InChI=1S/C14H17NOS/c1-3-16-13-6-4-11(5-7-13)14-10(2)17-9-12(14)8-15/h4-7,9H,3,8,15H2,1-2H3. The molecule has 0 aliphatic carbocycles. The van der Waals surface area contributed by atoms with Crippen LogP contribution in [-0.2, 0) is 6.54 Å². The van der Waals surface area contributed by atoms with Crippen LogP contribution in [0.3, 0.4) is 0 Å². The summed E-state index contributed by atoms with van der Waals surface area (Å²) in [5, 5.41) is 2.14. The molecular weight excluding hydrogens is 230 g/mol. The van der Waals surface area contributed by atoms with Crippen molar-refractivity contribution < 1.29 is 4.74 Å². The third-order valence-electron chi connectivity index (χ3n) is 2.73. The van der Waals surface area contributed by atoms with Crippen molar-refractivity contribution in [3.05, 3.63) is 40.1 Å². The summed E-state index contributed by atoms with van der Waals surface area (Å²) >= 11 is 1.75. The molecule has 1 aromatic carbocycles. The number of aryl methyl sites for hydroxylation is 1. The van der Waals surface area contributed by atoms with Crippen LogP contribution in [0.5, 0.6) is 5.75 Å². The van der Waals surface area contributed by atoms with Gasteiger partial charge >= 0.3 is 0 Å². The summed E-state index contributed by atoms with van der Waals surface area (Å²) in [6.45, 7) is 5.41. The monoisotopic (exact) mass is 247 g/mol. The molecule has 0 atom stereocenters. The van der Waals surface area contributed by atoms with Crippen LogP contribution in [-0.4, -0.2) is 6.61 Å². The molecule has 1 heterocycles. The van der Waals surface area contributed by atoms with Gasteiger partial charge in [0.2, 0.25) is 0 Å². The Morgan fingerprint density at radius 3 is 2.53 bits per heavy atom. The molecule has 17 heavy (non-hydrogen) atoms. The van der Waals surface area contributed by atoms with Crippen molar-refractivity contribution in [3.63, 3.8) is 0 Å². The van der Waals surface area contributed by atoms with E-state index < -0.39 is 0 Å². The summed E-state index contributed by atoms with van der Waals surface area (Å²) in [5.41, 5.74) is 9.47. The minimum Gasteiger partial charge on any atom is -0.494 e. The first-order valence-corrected chi connectivity index (χ1v) is 6.64. The van der Waals surface area contributed by atoms with E-state index in [4.69, 9.17) is 10.5 Å². The number of benzene rings is 1. The smallest absolute Gasteiger partial charge is 0.119 e. The van der Waals surface area contributed by atoms with Gasteiger partial charge in [0.05, 0.1) is 6.61 Å². The zero-order valence-corrected chi connectivity index (χ0v) is 11.0. The minimum absolute atomic E-state index is 0.590. The van der Waals surface area contributed by atoms with Gasteiger partial charge in [-0.2, -0.15) is 0 Å². The lowest BCUT2D eigenvalue weighted by atomic mass is 10.0. The number of rotatable bonds is 4. The van der Waals surface area contributed by atoms with E-state index in [1.165, 1.54) is 21.6 Å². The third-order valence-corrected chi connectivity index (χ3v) is 3.69. The predicted octanol–water partition coefficient (Wildman–Crippen LogP) is 3.58. The van der Waals surface area contributed by atoms with Crippen LogP contribution in [0.2, 0.25) is 0 Å². The maximum atomic E-state index is 5.76. The van der Waals surface area contributed by atoms with E-state index in [0.29, 0.717) is 13.2 Å². The highest BCUT2D eigenvalue weighted by Crippen LogP contribution is 2.32. The Morgan fingerprint density at radius 1 is 1.24 bits per heavy atom. The van der Waals surface area contributed by atoms with Gasteiger partial charge in [0.15, 0.2) is 0 Å². The Bertz CT molecular complexity index is 487. The molecule has 0 saturated heterocycles. The highest BCUT2D eigenvalue weighted by atomic mass is 32.1. The Morgan fingerprint density at radius 2 is 1.94 bits per heavy atom. The van der Waals surface area contributed by atoms with Crippen LogP contribution in [0.25, 0.3) is 11.1 Å². The zero-order chi connectivity index (χ0) is 12.3. The van der Waals surface area contributed by atoms with Crippen LogP contribution in [0, 0.1) is 6.92 Å². The summed E-state index contributed by atoms with van der Waals surface area (Å²) in [6, 6.07) is 8.21. The molecule has 2 nitrogen and oxygen atoms in total. The maximum Gasteiger partial charge on any atom is 0.119 e. The molecule has 0 amide bonds. The van der Waals surface area contributed by atoms with Crippen LogP contribution in [0.15, 0.2) is 29.6 Å². The molecular formula is C14H17NOS. The first kappa shape index (κ1) is 12.1. The topological polar surface area (TPSA) is 35.2 Å². The molecule has 1 aromatic heterocycles. The normalized spacial score (nSPS) is 10.5. The molecule has 0 fully saturated rings. The molecule has 0 bridgehead atoms. The molecule has 90 valence electrons. The highest BCUT2D eigenvalue weighted by molar-refractivity contribution is 7.10. The molecule has 0 radical (unpaired) electrons. The van der Waals surface area contributed by atoms with Gasteiger partial charge in [0, 0.05) is 11.4 Å². The highest BCUT2D eigenvalue weighted by Gasteiger charge is 2.09. The van der Waals surface area contributed by atoms with Crippen LogP contribution in [0.1, 0.15) is 17.4 Å². The molecule has 2 aromatic rings. The van der Waals surface area contributed by atoms with Crippen LogP contribution >= 0.6 is 11.3 Å². The second-order valence-corrected chi connectivity index (χ2v) is 4.94. The second kappa shape index (κ2) is 5.34. The van der Waals surface area contributed by atoms with Crippen LogP contribution < -0.4 is 10.5 Å². The lowest BCUT2D eigenvalue weighted by molar-refractivity contribution is 0.340. The summed E-state index contributed by atoms with van der Waals surface area (Å²) in [5.74, 6) is 0.915. The molecule has 3 heteroatoms. The van der Waals surface area contributed by atoms with Gasteiger partial charge in [-0.25, -0.2) is 0 Å². The van der Waals surface area contributed by atoms with E-state index >= 15 is 0 Å². The quantitative estimate of drug-likeness (QED) is 0.896. The SMILES string of the molecule is CCOc1ccc(-c2c(CN)csc2C)cc1. The van der Waals surface area contributed by atoms with Crippen molar-refractivity contribution in [2.24, 2.45) is 5.73 Å². The molecule has 0 aliphatic heterocycles. The summed E-state index contributed by atoms with van der Waals surface area (Å²) in [6.07, 6.45) is 0. The molecule has 2 rings (SSSR count). The van der Waals surface area contributed by atoms with Gasteiger partial charge in [0.1, 0.15) is 5.75 Å². The van der Waals surface area contributed by atoms with Crippen molar-refractivity contribution in [1.82, 2.24) is 0 Å². The molecule has 0 unspecified atom stereocenters. The lowest BCUT2D eigenvalue weighted by Gasteiger charge is -2.07. The van der Waals surface area contributed by atoms with E-state index in [-0.39, 0.29) is 0 Å². The average Bonchev–Trinajstić information content (AvgIpc) is 2.72. The Kier molecular flexibility index (Phi) is 3.82. The predicted molar refractivity (Wildman–Crippen MR) is 73.6 cm³/mol. The van der Waals surface area contributed by atoms with Crippen LogP contribution in [0.4, 0.5) is 0 Å². The van der Waals surface area contributed by atoms with Gasteiger partial charge in [-0.15, -0.1) is 11.3 Å². The maximum absolute atomic E-state index is 5.76. The van der Waals surface area contributed by atoms with E-state index in [0.717, 1.165) is 5.75 Å². The Labute approximate surface area is 106 Å². The van der Waals surface area contributed by atoms with Crippen molar-refractivity contribution in [1.29, 1.82) is 0 Å². The van der Waals surface area contributed by atoms with Gasteiger partial charge in [-0.05, 0) is 48.1 Å². The Balaban J connectivity index is 2.36. The number of thiophene rings is 1. The molecule has 0 spiro atoms. The van der Waals surface area contributed by atoms with Crippen molar-refractivity contribution in [3.8, 4) is 16.9 Å². The lowest BCUT2D eigenvalue weighted by Crippen LogP contribution is -1.96. The fraction of sp³-hybridized carbons (Fsp3) is 0.286. The summed E-state index contributed by atoms with van der Waals surface area (Å²) in [7, 11) is 0. The largest absolute Gasteiger partial charge is 0.494 e. The molecule has 2 N–H and O–H groups in total. The van der Waals surface area contributed by atoms with E-state index in [1.807, 2.05) is 19.1 Å². The number of ether oxygens (including phenoxy) is 1. The minimum atomic E-state index is 0.590. The van der Waals surface area contributed by atoms with Gasteiger partial charge < -0.3 is 10.5 Å². The van der Waals surface area contributed by atoms with E-state index in [2.05, 4.69) is 24.4 Å². The number of nitrogens with two attached hydrogens (primary N) is 1. The second-order valence-electron chi connectivity index (χ2n) is 3.85. The van der Waals surface area contributed by atoms with Gasteiger partial charge in [-0.1, -0.05) is 12.1 Å². The average molecular weight is 247 g/mol. The van der Waals surface area contributed by atoms with Gasteiger partial charge in [0.25, 0.3) is 0 Å². The van der Waals surface area contributed by atoms with Crippen molar-refractivity contribution in [2.45, 2.75) is 20.4 Å². The Hall–Kier alpha value is -1.32. The zero-order valence-electron chi connectivity index (χ0n) is 10.2. The van der Waals surface area contributed by atoms with E-state index in [1.54, 1.807) is 11.3 Å². The summed E-state index contributed by atoms with van der Waals surface area (Å²) < 4.78 is 5.44. The van der Waals surface area contributed by atoms with Crippen molar-refractivity contribution in [2.75, 3.05) is 6.61 Å². The first-order valence-electron chi connectivity index (χ1n) is 5.76. The molecule has 0 aliphatic rings. The fourth-order valence-electron chi connectivity index (χ4n) is 1.93. The number of hydrogen-bond donors (Lipinski definition) is 1. The fourth-order valence-corrected chi connectivity index (χ4v) is 2.83. The summed E-state index contributed by atoms with van der Waals surface area (Å²) in [4.78, 5) is 1.31. The van der Waals surface area contributed by atoms with Gasteiger partial charge in [-0.3, -0.25) is 0 Å².